The molecule has 1 aliphatic heterocycles. The average molecular weight is 226 g/mol. The van der Waals surface area contributed by atoms with Crippen molar-refractivity contribution in [2.45, 2.75) is 19.4 Å². The number of fused-ring (bicyclic) bond motifs is 2. The first-order valence-electron chi connectivity index (χ1n) is 5.88. The number of hydrogen-bond donors (Lipinski definition) is 1. The van der Waals surface area contributed by atoms with Gasteiger partial charge >= 0.3 is 0 Å². The normalized spacial score (nSPS) is 17.9. The molecule has 3 heteroatoms. The zero-order valence-electron chi connectivity index (χ0n) is 9.68. The number of aromatic nitrogens is 1. The third-order valence-electron chi connectivity index (χ3n) is 3.25. The number of hydrogen-bond acceptors (Lipinski definition) is 2. The smallest absolute Gasteiger partial charge is 0.264 e. The lowest BCUT2D eigenvalue weighted by molar-refractivity contribution is 0.0959. The largest absolute Gasteiger partial charge is 0.376 e. The molecule has 0 saturated carbocycles. The molecule has 17 heavy (non-hydrogen) atoms. The Kier molecular flexibility index (Phi) is 2.25. The zero-order valence-corrected chi connectivity index (χ0v) is 9.68. The van der Waals surface area contributed by atoms with Crippen LogP contribution in [0.25, 0.3) is 0 Å². The fourth-order valence-electron chi connectivity index (χ4n) is 2.36. The van der Waals surface area contributed by atoms with Crippen molar-refractivity contribution in [3.63, 3.8) is 0 Å². The number of nitrogens with one attached hydrogen (secondary N) is 1. The van der Waals surface area contributed by atoms with E-state index >= 15 is 0 Å². The SMILES string of the molecule is CCC1Nc2ccccc2C(=O)n2cccc21. The number of carbonyl (C=O) groups is 1. The summed E-state index contributed by atoms with van der Waals surface area (Å²) in [6, 6.07) is 11.8. The molecule has 1 aromatic heterocycles. The van der Waals surface area contributed by atoms with Gasteiger partial charge in [-0.15, -0.1) is 0 Å². The van der Waals surface area contributed by atoms with E-state index in [-0.39, 0.29) is 11.9 Å². The summed E-state index contributed by atoms with van der Waals surface area (Å²) in [5.41, 5.74) is 2.70. The minimum absolute atomic E-state index is 0.0454. The maximum atomic E-state index is 12.4. The highest BCUT2D eigenvalue weighted by molar-refractivity contribution is 6.02. The van der Waals surface area contributed by atoms with E-state index in [9.17, 15) is 4.79 Å². The van der Waals surface area contributed by atoms with Crippen molar-refractivity contribution in [2.75, 3.05) is 5.32 Å². The highest BCUT2D eigenvalue weighted by atomic mass is 16.2. The molecular weight excluding hydrogens is 212 g/mol. The standard InChI is InChI=1S/C14H14N2O/c1-2-11-13-8-5-9-16(13)14(17)10-6-3-4-7-12(10)15-11/h3-9,11,15H,2H2,1H3. The molecule has 0 fully saturated rings. The minimum atomic E-state index is 0.0454. The summed E-state index contributed by atoms with van der Waals surface area (Å²) < 4.78 is 1.74. The van der Waals surface area contributed by atoms with Gasteiger partial charge in [-0.05, 0) is 30.7 Å². The van der Waals surface area contributed by atoms with Crippen molar-refractivity contribution in [1.82, 2.24) is 4.57 Å². The van der Waals surface area contributed by atoms with Crippen LogP contribution in [0.2, 0.25) is 0 Å². The summed E-state index contributed by atoms with van der Waals surface area (Å²) in [5, 5.41) is 3.44. The molecule has 2 aromatic rings. The maximum Gasteiger partial charge on any atom is 0.264 e. The number of para-hydroxylation sites is 1. The quantitative estimate of drug-likeness (QED) is 0.810. The second kappa shape index (κ2) is 3.77. The third kappa shape index (κ3) is 1.46. The van der Waals surface area contributed by atoms with Gasteiger partial charge in [-0.25, -0.2) is 0 Å². The van der Waals surface area contributed by atoms with Crippen LogP contribution in [-0.2, 0) is 0 Å². The van der Waals surface area contributed by atoms with Crippen LogP contribution >= 0.6 is 0 Å². The van der Waals surface area contributed by atoms with Crippen molar-refractivity contribution in [2.24, 2.45) is 0 Å². The summed E-state index contributed by atoms with van der Waals surface area (Å²) in [6.45, 7) is 2.12. The lowest BCUT2D eigenvalue weighted by Gasteiger charge is -2.16. The molecule has 1 aromatic carbocycles. The fraction of sp³-hybridized carbons (Fsp3) is 0.214. The predicted octanol–water partition coefficient (Wildman–Crippen LogP) is 3.05. The molecule has 3 rings (SSSR count). The fourth-order valence-corrected chi connectivity index (χ4v) is 2.36. The summed E-state index contributed by atoms with van der Waals surface area (Å²) in [7, 11) is 0. The molecule has 2 heterocycles. The summed E-state index contributed by atoms with van der Waals surface area (Å²) in [4.78, 5) is 12.4. The van der Waals surface area contributed by atoms with Gasteiger partial charge in [0, 0.05) is 17.6 Å². The Labute approximate surface area is 100 Å². The molecule has 1 aliphatic rings. The van der Waals surface area contributed by atoms with E-state index in [1.54, 1.807) is 4.57 Å². The Balaban J connectivity index is 2.22. The first-order chi connectivity index (χ1) is 8.31. The van der Waals surface area contributed by atoms with Crippen LogP contribution in [0.3, 0.4) is 0 Å². The Hall–Kier alpha value is -2.03. The molecule has 1 atom stereocenters. The molecule has 0 aliphatic carbocycles. The second-order valence-electron chi connectivity index (χ2n) is 4.26. The first-order valence-corrected chi connectivity index (χ1v) is 5.88. The Morgan fingerprint density at radius 1 is 1.24 bits per heavy atom. The van der Waals surface area contributed by atoms with Gasteiger partial charge in [0.2, 0.25) is 0 Å². The van der Waals surface area contributed by atoms with Gasteiger partial charge in [-0.3, -0.25) is 9.36 Å². The van der Waals surface area contributed by atoms with Crippen molar-refractivity contribution >= 4 is 11.6 Å². The van der Waals surface area contributed by atoms with Gasteiger partial charge in [0.05, 0.1) is 11.6 Å². The zero-order chi connectivity index (χ0) is 11.8. The highest BCUT2D eigenvalue weighted by Crippen LogP contribution is 2.30. The Morgan fingerprint density at radius 2 is 2.06 bits per heavy atom. The Bertz CT molecular complexity index is 571. The van der Waals surface area contributed by atoms with Crippen LogP contribution in [0.4, 0.5) is 5.69 Å². The number of benzene rings is 1. The van der Waals surface area contributed by atoms with Crippen LogP contribution in [0, 0.1) is 0 Å². The molecule has 3 nitrogen and oxygen atoms in total. The van der Waals surface area contributed by atoms with E-state index in [1.807, 2.05) is 42.6 Å². The molecule has 1 N–H and O–H groups in total. The highest BCUT2D eigenvalue weighted by Gasteiger charge is 2.24. The van der Waals surface area contributed by atoms with Crippen molar-refractivity contribution < 1.29 is 4.79 Å². The maximum absolute atomic E-state index is 12.4. The molecule has 0 radical (unpaired) electrons. The molecule has 86 valence electrons. The predicted molar refractivity (Wildman–Crippen MR) is 67.3 cm³/mol. The van der Waals surface area contributed by atoms with E-state index in [0.29, 0.717) is 0 Å². The lowest BCUT2D eigenvalue weighted by Crippen LogP contribution is -2.14. The van der Waals surface area contributed by atoms with Gasteiger partial charge in [0.15, 0.2) is 0 Å². The van der Waals surface area contributed by atoms with Gasteiger partial charge in [0.1, 0.15) is 0 Å². The van der Waals surface area contributed by atoms with Crippen LogP contribution in [0.5, 0.6) is 0 Å². The Morgan fingerprint density at radius 3 is 2.88 bits per heavy atom. The summed E-state index contributed by atoms with van der Waals surface area (Å²) in [6.07, 6.45) is 2.79. The minimum Gasteiger partial charge on any atom is -0.376 e. The van der Waals surface area contributed by atoms with Crippen LogP contribution < -0.4 is 5.32 Å². The topological polar surface area (TPSA) is 34.0 Å². The molecule has 0 spiro atoms. The molecule has 1 unspecified atom stereocenters. The van der Waals surface area contributed by atoms with Crippen molar-refractivity contribution in [3.05, 3.63) is 53.9 Å². The van der Waals surface area contributed by atoms with Crippen molar-refractivity contribution in [1.29, 1.82) is 0 Å². The summed E-state index contributed by atoms with van der Waals surface area (Å²) >= 11 is 0. The number of nitrogens with zero attached hydrogens (tertiary/aromatic N) is 1. The monoisotopic (exact) mass is 226 g/mol. The van der Waals surface area contributed by atoms with Gasteiger partial charge in [-0.2, -0.15) is 0 Å². The molecule has 0 amide bonds. The van der Waals surface area contributed by atoms with Gasteiger partial charge in [-0.1, -0.05) is 19.1 Å². The van der Waals surface area contributed by atoms with Crippen molar-refractivity contribution in [3.8, 4) is 0 Å². The third-order valence-corrected chi connectivity index (χ3v) is 3.25. The van der Waals surface area contributed by atoms with E-state index < -0.39 is 0 Å². The van der Waals surface area contributed by atoms with Crippen LogP contribution in [0.1, 0.15) is 35.4 Å². The summed E-state index contributed by atoms with van der Waals surface area (Å²) in [5.74, 6) is 0.0454. The second-order valence-corrected chi connectivity index (χ2v) is 4.26. The number of anilines is 1. The number of carbonyl (C=O) groups excluding carboxylic acids is 1. The van der Waals surface area contributed by atoms with E-state index in [1.165, 1.54) is 0 Å². The van der Waals surface area contributed by atoms with E-state index in [4.69, 9.17) is 0 Å². The lowest BCUT2D eigenvalue weighted by atomic mass is 10.1. The van der Waals surface area contributed by atoms with E-state index in [0.717, 1.165) is 23.4 Å². The molecular formula is C14H14N2O. The number of rotatable bonds is 1. The van der Waals surface area contributed by atoms with E-state index in [2.05, 4.69) is 12.2 Å². The average Bonchev–Trinajstić information content (AvgIpc) is 2.81. The van der Waals surface area contributed by atoms with Crippen LogP contribution in [0.15, 0.2) is 42.6 Å². The van der Waals surface area contributed by atoms with Gasteiger partial charge in [0.25, 0.3) is 5.91 Å². The van der Waals surface area contributed by atoms with Crippen LogP contribution in [-0.4, -0.2) is 10.5 Å². The molecule has 0 saturated heterocycles. The molecule has 0 bridgehead atoms. The first kappa shape index (κ1) is 10.1. The van der Waals surface area contributed by atoms with Gasteiger partial charge < -0.3 is 5.32 Å².